The molecule has 0 unspecified atom stereocenters. The molecule has 7 nitrogen and oxygen atoms in total. The molecule has 0 saturated carbocycles. The van der Waals surface area contributed by atoms with Crippen molar-refractivity contribution < 1.29 is 23.9 Å². The Kier molecular flexibility index (Phi) is 6.37. The summed E-state index contributed by atoms with van der Waals surface area (Å²) in [4.78, 5) is 40.6. The van der Waals surface area contributed by atoms with Gasteiger partial charge in [0.1, 0.15) is 11.9 Å². The molecule has 9 heteroatoms. The summed E-state index contributed by atoms with van der Waals surface area (Å²) in [6.07, 6.45) is 0. The molecule has 0 radical (unpaired) electrons. The summed E-state index contributed by atoms with van der Waals surface area (Å²) in [5.74, 6) is -2.40. The van der Waals surface area contributed by atoms with E-state index in [1.165, 1.54) is 23.1 Å². The Morgan fingerprint density at radius 1 is 1.11 bits per heavy atom. The SMILES string of the molecule is O=C(N[C@@H](CO)C(=O)N1CCN(c2ccc(F)cc2)CC1)C(=O)c1cccs1. The molecule has 2 N–H and O–H groups in total. The van der Waals surface area contributed by atoms with E-state index in [1.807, 2.05) is 4.90 Å². The molecule has 1 fully saturated rings. The first-order chi connectivity index (χ1) is 13.5. The summed E-state index contributed by atoms with van der Waals surface area (Å²) in [6, 6.07) is 8.13. The Hall–Kier alpha value is -2.78. The smallest absolute Gasteiger partial charge is 0.293 e. The Morgan fingerprint density at radius 3 is 2.36 bits per heavy atom. The van der Waals surface area contributed by atoms with E-state index in [4.69, 9.17) is 0 Å². The summed E-state index contributed by atoms with van der Waals surface area (Å²) in [7, 11) is 0. The summed E-state index contributed by atoms with van der Waals surface area (Å²) in [5.41, 5.74) is 0.863. The minimum Gasteiger partial charge on any atom is -0.394 e. The molecule has 1 atom stereocenters. The second-order valence-corrected chi connectivity index (χ2v) is 7.25. The van der Waals surface area contributed by atoms with E-state index >= 15 is 0 Å². The van der Waals surface area contributed by atoms with Gasteiger partial charge in [-0.05, 0) is 35.7 Å². The molecule has 1 aliphatic heterocycles. The summed E-state index contributed by atoms with van der Waals surface area (Å²) >= 11 is 1.13. The van der Waals surface area contributed by atoms with E-state index in [0.29, 0.717) is 26.2 Å². The molecule has 1 aromatic heterocycles. The van der Waals surface area contributed by atoms with E-state index in [1.54, 1.807) is 23.6 Å². The Bertz CT molecular complexity index is 833. The number of Topliss-reactive ketones (excluding diaryl/α,β-unsaturated/α-hetero) is 1. The average molecular weight is 405 g/mol. The van der Waals surface area contributed by atoms with Crippen molar-refractivity contribution in [3.8, 4) is 0 Å². The predicted octanol–water partition coefficient (Wildman–Crippen LogP) is 0.896. The third-order valence-corrected chi connectivity index (χ3v) is 5.39. The zero-order valence-corrected chi connectivity index (χ0v) is 15.8. The Morgan fingerprint density at radius 2 is 1.79 bits per heavy atom. The summed E-state index contributed by atoms with van der Waals surface area (Å²) < 4.78 is 13.0. The van der Waals surface area contributed by atoms with Gasteiger partial charge in [0, 0.05) is 31.9 Å². The van der Waals surface area contributed by atoms with Crippen LogP contribution in [0.25, 0.3) is 0 Å². The van der Waals surface area contributed by atoms with Crippen LogP contribution in [0.4, 0.5) is 10.1 Å². The van der Waals surface area contributed by atoms with Crippen molar-refractivity contribution in [2.75, 3.05) is 37.7 Å². The minimum atomic E-state index is -1.17. The summed E-state index contributed by atoms with van der Waals surface area (Å²) in [5, 5.41) is 13.5. The normalized spacial score (nSPS) is 15.2. The van der Waals surface area contributed by atoms with Gasteiger partial charge in [-0.25, -0.2) is 4.39 Å². The van der Waals surface area contributed by atoms with Crippen LogP contribution in [0, 0.1) is 5.82 Å². The highest BCUT2D eigenvalue weighted by Gasteiger charge is 2.30. The third kappa shape index (κ3) is 4.55. The van der Waals surface area contributed by atoms with Crippen LogP contribution >= 0.6 is 11.3 Å². The van der Waals surface area contributed by atoms with Gasteiger partial charge >= 0.3 is 0 Å². The predicted molar refractivity (Wildman–Crippen MR) is 103 cm³/mol. The van der Waals surface area contributed by atoms with E-state index in [9.17, 15) is 23.9 Å². The van der Waals surface area contributed by atoms with Gasteiger partial charge in [-0.15, -0.1) is 11.3 Å². The summed E-state index contributed by atoms with van der Waals surface area (Å²) in [6.45, 7) is 1.26. The number of halogens is 1. The van der Waals surface area contributed by atoms with Gasteiger partial charge in [-0.2, -0.15) is 0 Å². The number of piperazine rings is 1. The molecule has 148 valence electrons. The van der Waals surface area contributed by atoms with Crippen LogP contribution in [0.3, 0.4) is 0 Å². The maximum Gasteiger partial charge on any atom is 0.293 e. The first-order valence-electron chi connectivity index (χ1n) is 8.78. The molecule has 2 heterocycles. The van der Waals surface area contributed by atoms with Crippen LogP contribution in [-0.4, -0.2) is 66.4 Å². The van der Waals surface area contributed by atoms with E-state index in [2.05, 4.69) is 5.32 Å². The molecule has 0 aliphatic carbocycles. The maximum atomic E-state index is 13.0. The topological polar surface area (TPSA) is 89.9 Å². The van der Waals surface area contributed by atoms with Crippen LogP contribution in [0.5, 0.6) is 0 Å². The fourth-order valence-electron chi connectivity index (χ4n) is 2.99. The van der Waals surface area contributed by atoms with Crippen LogP contribution in [-0.2, 0) is 9.59 Å². The third-order valence-electron chi connectivity index (χ3n) is 4.52. The molecule has 1 aliphatic rings. The molecule has 0 bridgehead atoms. The Labute approximate surface area is 165 Å². The van der Waals surface area contributed by atoms with Crippen molar-refractivity contribution in [2.45, 2.75) is 6.04 Å². The number of nitrogens with zero attached hydrogens (tertiary/aromatic N) is 2. The number of hydrogen-bond acceptors (Lipinski definition) is 6. The van der Waals surface area contributed by atoms with Gasteiger partial charge in [-0.1, -0.05) is 6.07 Å². The van der Waals surface area contributed by atoms with Gasteiger partial charge in [0.15, 0.2) is 0 Å². The number of anilines is 1. The van der Waals surface area contributed by atoms with Gasteiger partial charge in [0.05, 0.1) is 11.5 Å². The van der Waals surface area contributed by atoms with Gasteiger partial charge in [0.2, 0.25) is 5.91 Å². The largest absolute Gasteiger partial charge is 0.394 e. The first kappa shape index (κ1) is 20.0. The molecular formula is C19H20FN3O4S. The first-order valence-corrected chi connectivity index (χ1v) is 9.66. The highest BCUT2D eigenvalue weighted by molar-refractivity contribution is 7.13. The molecule has 0 spiro atoms. The molecule has 2 amide bonds. The highest BCUT2D eigenvalue weighted by Crippen LogP contribution is 2.17. The van der Waals surface area contributed by atoms with Gasteiger partial charge in [0.25, 0.3) is 11.7 Å². The quantitative estimate of drug-likeness (QED) is 0.551. The number of hydrogen-bond donors (Lipinski definition) is 2. The number of thiophene rings is 1. The average Bonchev–Trinajstić information content (AvgIpc) is 3.26. The maximum absolute atomic E-state index is 13.0. The van der Waals surface area contributed by atoms with Crippen LogP contribution in [0.15, 0.2) is 41.8 Å². The number of carbonyl (C=O) groups is 3. The lowest BCUT2D eigenvalue weighted by Gasteiger charge is -2.37. The Balaban J connectivity index is 1.56. The second kappa shape index (κ2) is 8.94. The fourth-order valence-corrected chi connectivity index (χ4v) is 3.65. The number of carbonyl (C=O) groups excluding carboxylic acids is 3. The van der Waals surface area contributed by atoms with E-state index in [0.717, 1.165) is 17.0 Å². The monoisotopic (exact) mass is 405 g/mol. The van der Waals surface area contributed by atoms with Crippen LogP contribution in [0.1, 0.15) is 9.67 Å². The molecule has 1 aromatic carbocycles. The number of benzene rings is 1. The number of ketones is 1. The second-order valence-electron chi connectivity index (χ2n) is 6.30. The molecular weight excluding hydrogens is 385 g/mol. The lowest BCUT2D eigenvalue weighted by Crippen LogP contribution is -2.56. The zero-order chi connectivity index (χ0) is 20.1. The minimum absolute atomic E-state index is 0.273. The van der Waals surface area contributed by atoms with Crippen molar-refractivity contribution in [3.05, 3.63) is 52.5 Å². The standard InChI is InChI=1S/C19H20FN3O4S/c20-13-3-5-14(6-4-13)22-7-9-23(10-8-22)19(27)15(12-24)21-18(26)17(25)16-2-1-11-28-16/h1-6,11,15,24H,7-10,12H2,(H,21,26)/t15-/m0/s1. The number of aliphatic hydroxyl groups is 1. The van der Waals surface area contributed by atoms with Crippen molar-refractivity contribution in [1.29, 1.82) is 0 Å². The number of amides is 2. The van der Waals surface area contributed by atoms with Crippen LogP contribution in [0.2, 0.25) is 0 Å². The number of nitrogens with one attached hydrogen (secondary N) is 1. The molecule has 1 saturated heterocycles. The van der Waals surface area contributed by atoms with Crippen molar-refractivity contribution in [2.24, 2.45) is 0 Å². The van der Waals surface area contributed by atoms with Crippen molar-refractivity contribution in [1.82, 2.24) is 10.2 Å². The van der Waals surface area contributed by atoms with Gasteiger partial charge < -0.3 is 20.2 Å². The van der Waals surface area contributed by atoms with Crippen molar-refractivity contribution in [3.63, 3.8) is 0 Å². The number of aliphatic hydroxyl groups excluding tert-OH is 1. The lowest BCUT2D eigenvalue weighted by atomic mass is 10.2. The number of rotatable bonds is 6. The molecule has 28 heavy (non-hydrogen) atoms. The van der Waals surface area contributed by atoms with Crippen molar-refractivity contribution >= 4 is 34.6 Å². The molecule has 2 aromatic rings. The van der Waals surface area contributed by atoms with Crippen LogP contribution < -0.4 is 10.2 Å². The van der Waals surface area contributed by atoms with Gasteiger partial charge in [-0.3, -0.25) is 14.4 Å². The highest BCUT2D eigenvalue weighted by atomic mass is 32.1. The molecule has 3 rings (SSSR count). The van der Waals surface area contributed by atoms with E-state index in [-0.39, 0.29) is 10.7 Å². The van der Waals surface area contributed by atoms with E-state index < -0.39 is 30.2 Å². The zero-order valence-electron chi connectivity index (χ0n) is 15.0. The lowest BCUT2D eigenvalue weighted by molar-refractivity contribution is -0.137. The fraction of sp³-hybridized carbons (Fsp3) is 0.316.